The molecule has 0 saturated carbocycles. The van der Waals surface area contributed by atoms with Crippen molar-refractivity contribution < 1.29 is 19.4 Å². The van der Waals surface area contributed by atoms with E-state index in [9.17, 15) is 9.59 Å². The zero-order valence-corrected chi connectivity index (χ0v) is 13.4. The number of aliphatic carboxylic acids is 1. The maximum absolute atomic E-state index is 10.7. The second kappa shape index (κ2) is 16.0. The fourth-order valence-electron chi connectivity index (χ4n) is 0.482. The maximum Gasteiger partial charge on any atom is 0.333 e. The molecule has 0 bridgehead atoms. The van der Waals surface area contributed by atoms with Gasteiger partial charge in [0, 0.05) is 17.2 Å². The number of carboxylic acid groups (broad SMARTS) is 1. The number of esters is 1. The molecule has 0 aromatic carbocycles. The summed E-state index contributed by atoms with van der Waals surface area (Å²) in [6, 6.07) is 1.81. The highest BCUT2D eigenvalue weighted by Crippen LogP contribution is 2.00. The Morgan fingerprint density at radius 2 is 1.71 bits per heavy atom. The number of carbonyl (C=O) groups is 2. The predicted molar refractivity (Wildman–Crippen MR) is 83.8 cm³/mol. The average Bonchev–Trinajstić information content (AvgIpc) is 2.37. The van der Waals surface area contributed by atoms with Crippen LogP contribution in [0.3, 0.4) is 0 Å². The monoisotopic (exact) mass is 333 g/mol. The van der Waals surface area contributed by atoms with Crippen molar-refractivity contribution in [3.05, 3.63) is 47.5 Å². The predicted octanol–water partition coefficient (Wildman–Crippen LogP) is 3.77. The number of hydrogen-bond acceptors (Lipinski definition) is 4. The quantitative estimate of drug-likeness (QED) is 0.480. The molecule has 0 heterocycles. The lowest BCUT2D eigenvalue weighted by Gasteiger charge is -1.97. The van der Waals surface area contributed by atoms with E-state index in [-0.39, 0.29) is 10.1 Å². The molecule has 0 aliphatic rings. The van der Waals surface area contributed by atoms with Crippen LogP contribution in [0.1, 0.15) is 13.3 Å². The van der Waals surface area contributed by atoms with Crippen LogP contribution in [0.4, 0.5) is 0 Å². The standard InChI is InChI=1S/C8H9NO2.C4H6O2.C2H2Cl2/c1-7(8(10)11-2)5-3-4-6-9;1-3(2)4(5)6;1-2(3)4/h3-4H,1,5H2,2H3;1H2,2H3,(H,5,6);1H2. The third-order valence-corrected chi connectivity index (χ3v) is 1.40. The van der Waals surface area contributed by atoms with E-state index in [0.29, 0.717) is 12.0 Å². The third-order valence-electron chi connectivity index (χ3n) is 1.40. The number of halogens is 2. The molecule has 1 N–H and O–H groups in total. The molecule has 21 heavy (non-hydrogen) atoms. The lowest BCUT2D eigenvalue weighted by Crippen LogP contribution is -2.02. The summed E-state index contributed by atoms with van der Waals surface area (Å²) in [5.74, 6) is -1.37. The van der Waals surface area contributed by atoms with Gasteiger partial charge in [-0.15, -0.1) is 0 Å². The second-order valence-corrected chi connectivity index (χ2v) is 4.36. The van der Waals surface area contributed by atoms with E-state index in [4.69, 9.17) is 33.6 Å². The van der Waals surface area contributed by atoms with Gasteiger partial charge < -0.3 is 9.84 Å². The van der Waals surface area contributed by atoms with Crippen LogP contribution >= 0.6 is 23.2 Å². The minimum Gasteiger partial charge on any atom is -0.478 e. The third kappa shape index (κ3) is 27.2. The Bertz CT molecular complexity index is 446. The summed E-state index contributed by atoms with van der Waals surface area (Å²) in [5, 5.41) is 16.0. The van der Waals surface area contributed by atoms with E-state index in [2.05, 4.69) is 24.5 Å². The minimum absolute atomic E-state index is 0.111. The molecule has 0 aliphatic heterocycles. The molecule has 0 radical (unpaired) electrons. The number of nitrogens with zero attached hydrogens (tertiary/aromatic N) is 1. The topological polar surface area (TPSA) is 87.4 Å². The summed E-state index contributed by atoms with van der Waals surface area (Å²) in [6.07, 6.45) is 3.22. The van der Waals surface area contributed by atoms with Gasteiger partial charge in [0.15, 0.2) is 0 Å². The zero-order chi connectivity index (χ0) is 17.4. The summed E-state index contributed by atoms with van der Waals surface area (Å²) in [5.41, 5.74) is 0.522. The van der Waals surface area contributed by atoms with Crippen LogP contribution in [0.15, 0.2) is 47.5 Å². The van der Waals surface area contributed by atoms with Gasteiger partial charge in [0.2, 0.25) is 0 Å². The SMILES string of the molecule is C=C(C)C(=O)O.C=C(CC=CC#N)C(=O)OC.C=C(Cl)Cl. The molecular formula is C14H17Cl2NO4. The van der Waals surface area contributed by atoms with Crippen molar-refractivity contribution in [2.24, 2.45) is 0 Å². The molecule has 0 atom stereocenters. The number of methoxy groups -OCH3 is 1. The lowest BCUT2D eigenvalue weighted by molar-refractivity contribution is -0.136. The Hall–Kier alpha value is -2.03. The van der Waals surface area contributed by atoms with Gasteiger partial charge in [-0.2, -0.15) is 5.26 Å². The van der Waals surface area contributed by atoms with E-state index in [1.165, 1.54) is 20.1 Å². The molecule has 0 aromatic rings. The van der Waals surface area contributed by atoms with Crippen LogP contribution in [-0.2, 0) is 14.3 Å². The number of carbonyl (C=O) groups excluding carboxylic acids is 1. The Labute approximate surface area is 134 Å². The lowest BCUT2D eigenvalue weighted by atomic mass is 10.2. The van der Waals surface area contributed by atoms with Crippen LogP contribution < -0.4 is 0 Å². The van der Waals surface area contributed by atoms with Crippen LogP contribution in [-0.4, -0.2) is 24.2 Å². The summed E-state index contributed by atoms with van der Waals surface area (Å²) in [7, 11) is 1.29. The van der Waals surface area contributed by atoms with Crippen molar-refractivity contribution in [1.29, 1.82) is 5.26 Å². The van der Waals surface area contributed by atoms with E-state index >= 15 is 0 Å². The molecule has 0 unspecified atom stereocenters. The first-order valence-electron chi connectivity index (χ1n) is 5.29. The van der Waals surface area contributed by atoms with Gasteiger partial charge in [0.05, 0.1) is 17.7 Å². The van der Waals surface area contributed by atoms with Crippen molar-refractivity contribution in [3.8, 4) is 6.07 Å². The summed E-state index contributed by atoms with van der Waals surface area (Å²) < 4.78 is 4.50. The first-order chi connectivity index (χ1) is 9.59. The number of carboxylic acids is 1. The molecular weight excluding hydrogens is 317 g/mol. The Kier molecular flexibility index (Phi) is 18.3. The first-order valence-corrected chi connectivity index (χ1v) is 6.05. The molecule has 5 nitrogen and oxygen atoms in total. The van der Waals surface area contributed by atoms with Gasteiger partial charge in [0.25, 0.3) is 0 Å². The maximum atomic E-state index is 10.7. The Balaban J connectivity index is -0.000000272. The molecule has 7 heteroatoms. The first kappa shape index (κ1) is 24.0. The van der Waals surface area contributed by atoms with E-state index in [1.807, 2.05) is 0 Å². The summed E-state index contributed by atoms with van der Waals surface area (Å²) in [6.45, 7) is 11.2. The largest absolute Gasteiger partial charge is 0.478 e. The van der Waals surface area contributed by atoms with Gasteiger partial charge in [-0.05, 0) is 13.3 Å². The molecule has 0 aromatic heterocycles. The minimum atomic E-state index is -0.935. The van der Waals surface area contributed by atoms with Crippen LogP contribution in [0.2, 0.25) is 0 Å². The summed E-state index contributed by atoms with van der Waals surface area (Å²) in [4.78, 5) is 20.3. The second-order valence-electron chi connectivity index (χ2n) is 3.25. The van der Waals surface area contributed by atoms with Gasteiger partial charge in [-0.1, -0.05) is 49.0 Å². The number of nitriles is 1. The Morgan fingerprint density at radius 3 is 1.95 bits per heavy atom. The molecule has 0 saturated heterocycles. The number of hydrogen-bond donors (Lipinski definition) is 1. The van der Waals surface area contributed by atoms with Crippen molar-refractivity contribution >= 4 is 35.1 Å². The highest BCUT2D eigenvalue weighted by atomic mass is 35.5. The number of ether oxygens (including phenoxy) is 1. The highest BCUT2D eigenvalue weighted by molar-refractivity contribution is 6.55. The van der Waals surface area contributed by atoms with Gasteiger partial charge in [0.1, 0.15) is 0 Å². The van der Waals surface area contributed by atoms with Crippen LogP contribution in [0.25, 0.3) is 0 Å². The van der Waals surface area contributed by atoms with Gasteiger partial charge >= 0.3 is 11.9 Å². The van der Waals surface area contributed by atoms with E-state index in [1.54, 1.807) is 12.1 Å². The molecule has 116 valence electrons. The average molecular weight is 334 g/mol. The van der Waals surface area contributed by atoms with Gasteiger partial charge in [-0.25, -0.2) is 9.59 Å². The van der Waals surface area contributed by atoms with Crippen LogP contribution in [0.5, 0.6) is 0 Å². The van der Waals surface area contributed by atoms with Crippen molar-refractivity contribution in [2.45, 2.75) is 13.3 Å². The molecule has 0 spiro atoms. The molecule has 0 aliphatic carbocycles. The number of rotatable bonds is 4. The summed E-state index contributed by atoms with van der Waals surface area (Å²) >= 11 is 9.69. The highest BCUT2D eigenvalue weighted by Gasteiger charge is 2.02. The van der Waals surface area contributed by atoms with Crippen molar-refractivity contribution in [3.63, 3.8) is 0 Å². The Morgan fingerprint density at radius 1 is 1.33 bits per heavy atom. The van der Waals surface area contributed by atoms with Gasteiger partial charge in [-0.3, -0.25) is 0 Å². The van der Waals surface area contributed by atoms with Crippen LogP contribution in [0, 0.1) is 11.3 Å². The molecule has 0 amide bonds. The van der Waals surface area contributed by atoms with Crippen molar-refractivity contribution in [1.82, 2.24) is 0 Å². The van der Waals surface area contributed by atoms with Crippen molar-refractivity contribution in [2.75, 3.05) is 7.11 Å². The molecule has 0 rings (SSSR count). The van der Waals surface area contributed by atoms with E-state index in [0.717, 1.165) is 0 Å². The molecule has 0 fully saturated rings. The number of allylic oxidation sites excluding steroid dienone is 2. The smallest absolute Gasteiger partial charge is 0.333 e. The zero-order valence-electron chi connectivity index (χ0n) is 11.9. The normalized spacial score (nSPS) is 8.14. The fraction of sp³-hybridized carbons (Fsp3) is 0.214. The fourth-order valence-corrected chi connectivity index (χ4v) is 0.482. The van der Waals surface area contributed by atoms with E-state index < -0.39 is 11.9 Å².